The minimum atomic E-state index is -0.337. The summed E-state index contributed by atoms with van der Waals surface area (Å²) in [4.78, 5) is 0. The lowest BCUT2D eigenvalue weighted by Gasteiger charge is -2.23. The fourth-order valence-electron chi connectivity index (χ4n) is 0.634. The van der Waals surface area contributed by atoms with Crippen molar-refractivity contribution in [1.29, 1.82) is 0 Å². The largest absolute Gasteiger partial charge is 0.378 e. The van der Waals surface area contributed by atoms with Crippen molar-refractivity contribution in [1.82, 2.24) is 9.44 Å². The quantitative estimate of drug-likeness (QED) is 0.403. The average molecular weight is 134 g/mol. The first-order valence-corrected chi connectivity index (χ1v) is 3.45. The molecule has 2 unspecified atom stereocenters. The molecule has 8 heavy (non-hydrogen) atoms. The Bertz CT molecular complexity index is 72.4. The molecule has 0 amide bonds. The summed E-state index contributed by atoms with van der Waals surface area (Å²) < 4.78 is 5.83. The summed E-state index contributed by atoms with van der Waals surface area (Å²) in [5, 5.41) is 8.91. The summed E-state index contributed by atoms with van der Waals surface area (Å²) in [6.07, 6.45) is 0.448. The van der Waals surface area contributed by atoms with Gasteiger partial charge in [0.2, 0.25) is 0 Å². The molecule has 0 aliphatic carbocycles. The maximum Gasteiger partial charge on any atom is 0.116 e. The Morgan fingerprint density at radius 2 is 2.38 bits per heavy atom. The van der Waals surface area contributed by atoms with Gasteiger partial charge >= 0.3 is 0 Å². The van der Waals surface area contributed by atoms with E-state index in [-0.39, 0.29) is 6.23 Å². The van der Waals surface area contributed by atoms with Gasteiger partial charge in [0.05, 0.1) is 0 Å². The minimum Gasteiger partial charge on any atom is -0.378 e. The van der Waals surface area contributed by atoms with E-state index in [2.05, 4.69) is 9.44 Å². The normalized spacial score (nSPS) is 39.8. The Hall–Kier alpha value is 0.230. The fraction of sp³-hybridized carbons (Fsp3) is 1.00. The van der Waals surface area contributed by atoms with E-state index in [0.717, 1.165) is 6.42 Å². The molecule has 48 valence electrons. The predicted octanol–water partition coefficient (Wildman–Crippen LogP) is -0.161. The summed E-state index contributed by atoms with van der Waals surface area (Å²) in [5.74, 6) is 0. The Balaban J connectivity index is 2.23. The molecule has 1 rings (SSSR count). The van der Waals surface area contributed by atoms with E-state index in [9.17, 15) is 0 Å². The lowest BCUT2D eigenvalue weighted by Crippen LogP contribution is -2.40. The van der Waals surface area contributed by atoms with Gasteiger partial charge in [0.25, 0.3) is 0 Å². The van der Waals surface area contributed by atoms with Gasteiger partial charge in [-0.25, -0.2) is 9.44 Å². The summed E-state index contributed by atoms with van der Waals surface area (Å²) in [6.45, 7) is 2.04. The molecule has 1 aliphatic rings. The Kier molecular flexibility index (Phi) is 2.13. The van der Waals surface area contributed by atoms with Crippen molar-refractivity contribution < 1.29 is 5.11 Å². The zero-order chi connectivity index (χ0) is 5.98. The van der Waals surface area contributed by atoms with Crippen molar-refractivity contribution in [3.8, 4) is 0 Å². The van der Waals surface area contributed by atoms with Crippen LogP contribution in [0.5, 0.6) is 0 Å². The van der Waals surface area contributed by atoms with Gasteiger partial charge in [-0.1, -0.05) is 0 Å². The van der Waals surface area contributed by atoms with Gasteiger partial charge in [0.15, 0.2) is 0 Å². The van der Waals surface area contributed by atoms with Crippen molar-refractivity contribution in [2.24, 2.45) is 0 Å². The summed E-state index contributed by atoms with van der Waals surface area (Å²) in [7, 11) is 0. The molecule has 2 atom stereocenters. The molecule has 0 aromatic rings. The van der Waals surface area contributed by atoms with E-state index >= 15 is 0 Å². The van der Waals surface area contributed by atoms with E-state index in [1.807, 2.05) is 6.92 Å². The molecule has 1 heterocycles. The first-order valence-electron chi connectivity index (χ1n) is 2.64. The van der Waals surface area contributed by atoms with Crippen LogP contribution in [-0.4, -0.2) is 17.4 Å². The summed E-state index contributed by atoms with van der Waals surface area (Å²) in [6, 6.07) is 0.413. The van der Waals surface area contributed by atoms with E-state index in [0.29, 0.717) is 6.04 Å². The Morgan fingerprint density at radius 1 is 1.62 bits per heavy atom. The van der Waals surface area contributed by atoms with E-state index < -0.39 is 0 Å². The standard InChI is InChI=1S/C4H10N2OS/c1-3-2-4(7)6-8-5-3/h3-7H,2H2,1H3. The first kappa shape index (κ1) is 6.35. The highest BCUT2D eigenvalue weighted by atomic mass is 32.2. The number of aliphatic hydroxyl groups excluding tert-OH is 1. The van der Waals surface area contributed by atoms with Crippen LogP contribution in [0.4, 0.5) is 0 Å². The molecule has 3 N–H and O–H groups in total. The molecule has 3 nitrogen and oxygen atoms in total. The third-order valence-corrected chi connectivity index (χ3v) is 1.94. The van der Waals surface area contributed by atoms with E-state index in [1.165, 1.54) is 12.1 Å². The highest BCUT2D eigenvalue weighted by Crippen LogP contribution is 2.06. The smallest absolute Gasteiger partial charge is 0.116 e. The van der Waals surface area contributed by atoms with E-state index in [4.69, 9.17) is 5.11 Å². The monoisotopic (exact) mass is 134 g/mol. The van der Waals surface area contributed by atoms with Crippen LogP contribution in [0.3, 0.4) is 0 Å². The van der Waals surface area contributed by atoms with Crippen LogP contribution in [0.25, 0.3) is 0 Å². The highest BCUT2D eigenvalue weighted by Gasteiger charge is 2.14. The van der Waals surface area contributed by atoms with Crippen molar-refractivity contribution in [2.45, 2.75) is 25.6 Å². The number of hydrogen-bond acceptors (Lipinski definition) is 4. The Morgan fingerprint density at radius 3 is 2.75 bits per heavy atom. The third kappa shape index (κ3) is 1.63. The molecular formula is C4H10N2OS. The van der Waals surface area contributed by atoms with Crippen LogP contribution in [0.1, 0.15) is 13.3 Å². The topological polar surface area (TPSA) is 44.3 Å². The van der Waals surface area contributed by atoms with Crippen LogP contribution in [0, 0.1) is 0 Å². The lowest BCUT2D eigenvalue weighted by molar-refractivity contribution is 0.141. The lowest BCUT2D eigenvalue weighted by atomic mass is 10.2. The second kappa shape index (κ2) is 2.68. The highest BCUT2D eigenvalue weighted by molar-refractivity contribution is 7.95. The van der Waals surface area contributed by atoms with Crippen molar-refractivity contribution in [3.63, 3.8) is 0 Å². The molecule has 0 radical (unpaired) electrons. The van der Waals surface area contributed by atoms with Crippen LogP contribution in [0.2, 0.25) is 0 Å². The van der Waals surface area contributed by atoms with Gasteiger partial charge in [-0.05, 0) is 6.92 Å². The second-order valence-corrected chi connectivity index (χ2v) is 2.67. The number of rotatable bonds is 0. The minimum absolute atomic E-state index is 0.337. The average Bonchev–Trinajstić information content (AvgIpc) is 1.64. The molecule has 1 saturated heterocycles. The first-order chi connectivity index (χ1) is 3.79. The summed E-state index contributed by atoms with van der Waals surface area (Å²) >= 11 is 1.36. The van der Waals surface area contributed by atoms with Gasteiger partial charge in [0.1, 0.15) is 6.23 Å². The van der Waals surface area contributed by atoms with Gasteiger partial charge < -0.3 is 5.11 Å². The van der Waals surface area contributed by atoms with Crippen LogP contribution in [0.15, 0.2) is 0 Å². The zero-order valence-corrected chi connectivity index (χ0v) is 5.53. The van der Waals surface area contributed by atoms with Crippen molar-refractivity contribution in [2.75, 3.05) is 0 Å². The number of aliphatic hydroxyl groups is 1. The van der Waals surface area contributed by atoms with Gasteiger partial charge in [-0.3, -0.25) is 0 Å². The SMILES string of the molecule is CC1CC(O)NSN1. The molecule has 0 bridgehead atoms. The maximum absolute atomic E-state index is 8.91. The predicted molar refractivity (Wildman–Crippen MR) is 33.9 cm³/mol. The van der Waals surface area contributed by atoms with Gasteiger partial charge in [0, 0.05) is 24.6 Å². The molecule has 0 spiro atoms. The van der Waals surface area contributed by atoms with Crippen LogP contribution in [-0.2, 0) is 0 Å². The maximum atomic E-state index is 8.91. The molecule has 0 aromatic heterocycles. The molecule has 4 heteroatoms. The Labute approximate surface area is 53.1 Å². The number of hydrogen-bond donors (Lipinski definition) is 3. The van der Waals surface area contributed by atoms with Gasteiger partial charge in [-0.2, -0.15) is 0 Å². The number of nitrogens with one attached hydrogen (secondary N) is 2. The third-order valence-electron chi connectivity index (χ3n) is 1.03. The molecule has 0 aromatic carbocycles. The molecule has 1 fully saturated rings. The van der Waals surface area contributed by atoms with Gasteiger partial charge in [-0.15, -0.1) is 0 Å². The van der Waals surface area contributed by atoms with Crippen molar-refractivity contribution in [3.05, 3.63) is 0 Å². The van der Waals surface area contributed by atoms with Crippen LogP contribution >= 0.6 is 12.1 Å². The molecule has 0 saturated carbocycles. The van der Waals surface area contributed by atoms with Crippen LogP contribution < -0.4 is 9.44 Å². The zero-order valence-electron chi connectivity index (χ0n) is 4.72. The molecular weight excluding hydrogens is 124 g/mol. The summed E-state index contributed by atoms with van der Waals surface area (Å²) in [5.41, 5.74) is 0. The fourth-order valence-corrected chi connectivity index (χ4v) is 1.23. The van der Waals surface area contributed by atoms with E-state index in [1.54, 1.807) is 0 Å². The molecule has 1 aliphatic heterocycles. The second-order valence-electron chi connectivity index (χ2n) is 1.99. The van der Waals surface area contributed by atoms with Crippen molar-refractivity contribution >= 4 is 12.1 Å².